The van der Waals surface area contributed by atoms with Crippen LogP contribution in [0.4, 0.5) is 5.69 Å². The summed E-state index contributed by atoms with van der Waals surface area (Å²) in [5, 5.41) is 6.93. The van der Waals surface area contributed by atoms with E-state index < -0.39 is 0 Å². The number of thiophene rings is 1. The minimum absolute atomic E-state index is 0.0692. The number of hydrogen-bond acceptors (Lipinski definition) is 4. The van der Waals surface area contributed by atoms with Crippen molar-refractivity contribution in [3.8, 4) is 0 Å². The van der Waals surface area contributed by atoms with Gasteiger partial charge in [-0.1, -0.05) is 0 Å². The second-order valence-electron chi connectivity index (χ2n) is 5.31. The highest BCUT2D eigenvalue weighted by atomic mass is 32.1. The van der Waals surface area contributed by atoms with E-state index in [-0.39, 0.29) is 11.9 Å². The molecule has 5 heteroatoms. The molecule has 0 fully saturated rings. The third-order valence-electron chi connectivity index (χ3n) is 3.95. The largest absolute Gasteiger partial charge is 0.362 e. The molecule has 4 nitrogen and oxygen atoms in total. The molecule has 3 heterocycles. The molecule has 0 saturated heterocycles. The summed E-state index contributed by atoms with van der Waals surface area (Å²) in [5.41, 5.74) is 4.57. The number of carbonyl (C=O) groups is 1. The van der Waals surface area contributed by atoms with E-state index in [2.05, 4.69) is 38.1 Å². The van der Waals surface area contributed by atoms with Crippen molar-refractivity contribution in [2.24, 2.45) is 0 Å². The molecule has 0 saturated carbocycles. The van der Waals surface area contributed by atoms with Crippen LogP contribution in [0.5, 0.6) is 0 Å². The molecule has 1 aliphatic heterocycles. The van der Waals surface area contributed by atoms with Crippen LogP contribution in [0.3, 0.4) is 0 Å². The summed E-state index contributed by atoms with van der Waals surface area (Å²) in [7, 11) is 1.69. The summed E-state index contributed by atoms with van der Waals surface area (Å²) in [6.07, 6.45) is 1.42. The van der Waals surface area contributed by atoms with Crippen LogP contribution in [-0.4, -0.2) is 24.5 Å². The normalized spacial score (nSPS) is 14.9. The number of aromatic nitrogens is 1. The van der Waals surface area contributed by atoms with Crippen molar-refractivity contribution in [1.29, 1.82) is 0 Å². The Kier molecular flexibility index (Phi) is 3.92. The summed E-state index contributed by atoms with van der Waals surface area (Å²) in [4.78, 5) is 18.8. The topological polar surface area (TPSA) is 45.2 Å². The van der Waals surface area contributed by atoms with Gasteiger partial charge in [-0.3, -0.25) is 9.78 Å². The van der Waals surface area contributed by atoms with Gasteiger partial charge in [0.1, 0.15) is 0 Å². The van der Waals surface area contributed by atoms with E-state index in [0.29, 0.717) is 6.42 Å². The molecule has 0 unspecified atom stereocenters. The average Bonchev–Trinajstić information content (AvgIpc) is 3.13. The highest BCUT2D eigenvalue weighted by Crippen LogP contribution is 2.36. The molecule has 0 aliphatic carbocycles. The lowest BCUT2D eigenvalue weighted by Crippen LogP contribution is -2.31. The molecular formula is C16H19N3OS. The first kappa shape index (κ1) is 14.1. The fourth-order valence-corrected chi connectivity index (χ4v) is 3.58. The Bertz CT molecular complexity index is 639. The van der Waals surface area contributed by atoms with Gasteiger partial charge in [0, 0.05) is 25.7 Å². The van der Waals surface area contributed by atoms with Crippen molar-refractivity contribution in [2.75, 3.05) is 18.5 Å². The number of nitrogens with one attached hydrogen (secondary N) is 1. The Hall–Kier alpha value is -1.88. The van der Waals surface area contributed by atoms with E-state index >= 15 is 0 Å². The van der Waals surface area contributed by atoms with E-state index in [1.54, 1.807) is 18.4 Å². The zero-order chi connectivity index (χ0) is 14.8. The van der Waals surface area contributed by atoms with E-state index in [1.807, 2.05) is 13.0 Å². The van der Waals surface area contributed by atoms with Gasteiger partial charge in [0.15, 0.2) is 0 Å². The summed E-state index contributed by atoms with van der Waals surface area (Å²) in [6.45, 7) is 2.94. The molecule has 1 amide bonds. The predicted octanol–water partition coefficient (Wildman–Crippen LogP) is 2.69. The molecule has 0 spiro atoms. The van der Waals surface area contributed by atoms with Crippen LogP contribution >= 0.6 is 11.3 Å². The molecule has 21 heavy (non-hydrogen) atoms. The molecule has 2 aromatic rings. The van der Waals surface area contributed by atoms with Gasteiger partial charge < -0.3 is 10.2 Å². The Morgan fingerprint density at radius 2 is 2.33 bits per heavy atom. The number of nitrogens with zero attached hydrogens (tertiary/aromatic N) is 2. The second kappa shape index (κ2) is 5.85. The van der Waals surface area contributed by atoms with Crippen molar-refractivity contribution < 1.29 is 4.79 Å². The molecule has 1 aliphatic rings. The molecule has 0 bridgehead atoms. The lowest BCUT2D eigenvalue weighted by molar-refractivity contribution is -0.121. The molecule has 3 rings (SSSR count). The SMILES string of the molecule is CNC(=O)C[C@H](c1ccsc1)N1CCc2nc(C)ccc21. The van der Waals surface area contributed by atoms with Crippen LogP contribution in [0.1, 0.15) is 29.4 Å². The van der Waals surface area contributed by atoms with E-state index in [4.69, 9.17) is 0 Å². The third-order valence-corrected chi connectivity index (χ3v) is 4.65. The van der Waals surface area contributed by atoms with Crippen molar-refractivity contribution in [2.45, 2.75) is 25.8 Å². The number of hydrogen-bond donors (Lipinski definition) is 1. The molecular weight excluding hydrogens is 282 g/mol. The smallest absolute Gasteiger partial charge is 0.222 e. The van der Waals surface area contributed by atoms with E-state index in [9.17, 15) is 4.79 Å². The van der Waals surface area contributed by atoms with Crippen LogP contribution in [0.25, 0.3) is 0 Å². The van der Waals surface area contributed by atoms with Crippen molar-refractivity contribution in [3.63, 3.8) is 0 Å². The Labute approximate surface area is 128 Å². The number of amides is 1. The van der Waals surface area contributed by atoms with Gasteiger partial charge in [-0.2, -0.15) is 11.3 Å². The quantitative estimate of drug-likeness (QED) is 0.944. The minimum atomic E-state index is 0.0692. The average molecular weight is 301 g/mol. The van der Waals surface area contributed by atoms with Gasteiger partial charge >= 0.3 is 0 Å². The number of anilines is 1. The molecule has 110 valence electrons. The van der Waals surface area contributed by atoms with E-state index in [0.717, 1.165) is 24.4 Å². The Morgan fingerprint density at radius 3 is 3.05 bits per heavy atom. The number of rotatable bonds is 4. The second-order valence-corrected chi connectivity index (χ2v) is 6.09. The van der Waals surface area contributed by atoms with Crippen LogP contribution in [0.2, 0.25) is 0 Å². The minimum Gasteiger partial charge on any atom is -0.362 e. The maximum absolute atomic E-state index is 11.9. The summed E-state index contributed by atoms with van der Waals surface area (Å²) in [5.74, 6) is 0.0692. The van der Waals surface area contributed by atoms with Crippen LogP contribution in [0.15, 0.2) is 29.0 Å². The summed E-state index contributed by atoms with van der Waals surface area (Å²) < 4.78 is 0. The van der Waals surface area contributed by atoms with Crippen LogP contribution < -0.4 is 10.2 Å². The number of fused-ring (bicyclic) bond motifs is 1. The maximum atomic E-state index is 11.9. The van der Waals surface area contributed by atoms with E-state index in [1.165, 1.54) is 11.3 Å². The van der Waals surface area contributed by atoms with Crippen molar-refractivity contribution in [3.05, 3.63) is 45.9 Å². The molecule has 0 radical (unpaired) electrons. The van der Waals surface area contributed by atoms with Crippen molar-refractivity contribution in [1.82, 2.24) is 10.3 Å². The first-order valence-electron chi connectivity index (χ1n) is 7.15. The zero-order valence-corrected chi connectivity index (χ0v) is 13.1. The summed E-state index contributed by atoms with van der Waals surface area (Å²) >= 11 is 1.67. The maximum Gasteiger partial charge on any atom is 0.222 e. The molecule has 1 N–H and O–H groups in total. The molecule has 0 aromatic carbocycles. The lowest BCUT2D eigenvalue weighted by Gasteiger charge is -2.29. The lowest BCUT2D eigenvalue weighted by atomic mass is 10.0. The Morgan fingerprint density at radius 1 is 1.48 bits per heavy atom. The monoisotopic (exact) mass is 301 g/mol. The summed E-state index contributed by atoms with van der Waals surface area (Å²) in [6, 6.07) is 6.37. The fourth-order valence-electron chi connectivity index (χ4n) is 2.87. The van der Waals surface area contributed by atoms with Gasteiger partial charge in [0.2, 0.25) is 5.91 Å². The number of carbonyl (C=O) groups excluding carboxylic acids is 1. The first-order valence-corrected chi connectivity index (χ1v) is 8.09. The van der Waals surface area contributed by atoms with Gasteiger partial charge in [0.05, 0.1) is 23.8 Å². The Balaban J connectivity index is 1.93. The highest BCUT2D eigenvalue weighted by molar-refractivity contribution is 7.08. The number of aryl methyl sites for hydroxylation is 1. The predicted molar refractivity (Wildman–Crippen MR) is 85.8 cm³/mol. The van der Waals surface area contributed by atoms with Crippen LogP contribution in [-0.2, 0) is 11.2 Å². The van der Waals surface area contributed by atoms with Crippen molar-refractivity contribution >= 4 is 22.9 Å². The first-order chi connectivity index (χ1) is 10.2. The molecule has 1 atom stereocenters. The van der Waals surface area contributed by atoms with Gasteiger partial charge in [-0.15, -0.1) is 0 Å². The number of pyridine rings is 1. The third kappa shape index (κ3) is 2.78. The molecule has 2 aromatic heterocycles. The van der Waals surface area contributed by atoms with Crippen LogP contribution in [0, 0.1) is 6.92 Å². The van der Waals surface area contributed by atoms with Gasteiger partial charge in [0.25, 0.3) is 0 Å². The zero-order valence-electron chi connectivity index (χ0n) is 12.3. The highest BCUT2D eigenvalue weighted by Gasteiger charge is 2.29. The van der Waals surface area contributed by atoms with Gasteiger partial charge in [-0.05, 0) is 41.4 Å². The fraction of sp³-hybridized carbons (Fsp3) is 0.375. The standard InChI is InChI=1S/C16H19N3OS/c1-11-3-4-14-13(18-11)5-7-19(14)15(9-16(20)17-2)12-6-8-21-10-12/h3-4,6,8,10,15H,5,7,9H2,1-2H3,(H,17,20)/t15-/m1/s1. The van der Waals surface area contributed by atoms with Gasteiger partial charge in [-0.25, -0.2) is 0 Å².